The van der Waals surface area contributed by atoms with Crippen LogP contribution in [-0.2, 0) is 4.79 Å². The third-order valence-corrected chi connectivity index (χ3v) is 3.86. The van der Waals surface area contributed by atoms with Crippen LogP contribution in [0.2, 0.25) is 0 Å². The fourth-order valence-electron chi connectivity index (χ4n) is 2.38. The monoisotopic (exact) mass is 339 g/mol. The predicted octanol–water partition coefficient (Wildman–Crippen LogP) is 4.03. The van der Waals surface area contributed by atoms with Crippen molar-refractivity contribution in [1.82, 2.24) is 10.6 Å². The maximum atomic E-state index is 11.5. The van der Waals surface area contributed by atoms with E-state index in [0.717, 1.165) is 64.5 Å². The molecule has 0 spiro atoms. The highest BCUT2D eigenvalue weighted by Crippen LogP contribution is 2.06. The van der Waals surface area contributed by atoms with Crippen LogP contribution in [0.5, 0.6) is 0 Å². The number of carbonyl (C=O) groups is 2. The minimum atomic E-state index is -0.196. The first-order valence-corrected chi connectivity index (χ1v) is 9.61. The van der Waals surface area contributed by atoms with Crippen LogP contribution in [0.15, 0.2) is 12.2 Å². The molecule has 4 N–H and O–H groups in total. The van der Waals surface area contributed by atoms with Gasteiger partial charge in [0.2, 0.25) is 5.91 Å². The number of amides is 3. The van der Waals surface area contributed by atoms with Gasteiger partial charge in [0.15, 0.2) is 0 Å². The van der Waals surface area contributed by atoms with Crippen LogP contribution in [-0.4, -0.2) is 25.0 Å². The van der Waals surface area contributed by atoms with Gasteiger partial charge < -0.3 is 16.4 Å². The van der Waals surface area contributed by atoms with Gasteiger partial charge in [0.1, 0.15) is 0 Å². The summed E-state index contributed by atoms with van der Waals surface area (Å²) in [6.07, 6.45) is 17.0. The Bertz CT molecular complexity index is 344. The van der Waals surface area contributed by atoms with E-state index < -0.39 is 0 Å². The molecule has 0 rings (SSSR count). The first-order chi connectivity index (χ1) is 11.7. The number of unbranched alkanes of at least 4 members (excludes halogenated alkanes) is 8. The summed E-state index contributed by atoms with van der Waals surface area (Å²) in [5.74, 6) is -0.196. The molecule has 0 aromatic heterocycles. The lowest BCUT2D eigenvalue weighted by Gasteiger charge is -2.06. The number of allylic oxidation sites excluding steroid dienone is 2. The normalized spacial score (nSPS) is 10.9. The second kappa shape index (κ2) is 17.8. The Labute approximate surface area is 147 Å². The van der Waals surface area contributed by atoms with Crippen molar-refractivity contribution in [3.8, 4) is 0 Å². The number of hydrogen-bond donors (Lipinski definition) is 3. The van der Waals surface area contributed by atoms with Gasteiger partial charge in [0.05, 0.1) is 0 Å². The Morgan fingerprint density at radius 3 is 1.92 bits per heavy atom. The molecule has 0 unspecified atom stereocenters. The number of primary amides is 1. The van der Waals surface area contributed by atoms with E-state index in [1.165, 1.54) is 19.3 Å². The lowest BCUT2D eigenvalue weighted by Crippen LogP contribution is -2.36. The molecule has 0 aliphatic rings. The van der Waals surface area contributed by atoms with Crippen LogP contribution in [0.25, 0.3) is 0 Å². The summed E-state index contributed by atoms with van der Waals surface area (Å²) >= 11 is 0. The fraction of sp³-hybridized carbons (Fsp3) is 0.789. The molecule has 0 radical (unpaired) electrons. The van der Waals surface area contributed by atoms with Gasteiger partial charge in [-0.2, -0.15) is 0 Å². The summed E-state index contributed by atoms with van der Waals surface area (Å²) in [4.78, 5) is 22.0. The molecule has 5 heteroatoms. The second-order valence-electron chi connectivity index (χ2n) is 6.28. The van der Waals surface area contributed by atoms with Crippen LogP contribution in [0.3, 0.4) is 0 Å². The first-order valence-electron chi connectivity index (χ1n) is 9.61. The van der Waals surface area contributed by atoms with Crippen molar-refractivity contribution in [3.05, 3.63) is 12.2 Å². The number of carbonyl (C=O) groups excluding carboxylic acids is 2. The highest BCUT2D eigenvalue weighted by atomic mass is 16.2. The van der Waals surface area contributed by atoms with E-state index in [-0.39, 0.29) is 11.9 Å². The lowest BCUT2D eigenvalue weighted by atomic mass is 10.1. The molecule has 0 saturated carbocycles. The second-order valence-corrected chi connectivity index (χ2v) is 6.28. The number of nitrogens with one attached hydrogen (secondary N) is 2. The zero-order valence-corrected chi connectivity index (χ0v) is 15.4. The Kier molecular flexibility index (Phi) is 16.7. The Balaban J connectivity index is 3.23. The Hall–Kier alpha value is -1.52. The van der Waals surface area contributed by atoms with Crippen molar-refractivity contribution in [2.45, 2.75) is 84.0 Å². The number of hydrogen-bond acceptors (Lipinski definition) is 2. The molecule has 0 aliphatic carbocycles. The van der Waals surface area contributed by atoms with Gasteiger partial charge in [0, 0.05) is 19.5 Å². The maximum Gasteiger partial charge on any atom is 0.314 e. The minimum absolute atomic E-state index is 0.0435. The highest BCUT2D eigenvalue weighted by molar-refractivity contribution is 5.73. The molecule has 0 fully saturated rings. The molecule has 5 nitrogen and oxygen atoms in total. The molecular formula is C19H37N3O2. The topological polar surface area (TPSA) is 84.2 Å². The van der Waals surface area contributed by atoms with Crippen molar-refractivity contribution in [3.63, 3.8) is 0 Å². The largest absolute Gasteiger partial charge is 0.370 e. The van der Waals surface area contributed by atoms with Gasteiger partial charge in [-0.3, -0.25) is 4.79 Å². The first kappa shape index (κ1) is 22.5. The van der Waals surface area contributed by atoms with Crippen molar-refractivity contribution >= 4 is 11.9 Å². The summed E-state index contributed by atoms with van der Waals surface area (Å²) in [6, 6.07) is -0.0435. The predicted molar refractivity (Wildman–Crippen MR) is 101 cm³/mol. The van der Waals surface area contributed by atoms with Gasteiger partial charge in [-0.1, -0.05) is 44.8 Å². The molecule has 140 valence electrons. The third kappa shape index (κ3) is 18.5. The van der Waals surface area contributed by atoms with E-state index in [1.54, 1.807) is 0 Å². The van der Waals surface area contributed by atoms with Gasteiger partial charge in [0.25, 0.3) is 0 Å². The van der Waals surface area contributed by atoms with Crippen LogP contribution in [0, 0.1) is 0 Å². The molecule has 0 bridgehead atoms. The van der Waals surface area contributed by atoms with E-state index in [0.29, 0.717) is 6.42 Å². The van der Waals surface area contributed by atoms with Gasteiger partial charge >= 0.3 is 6.03 Å². The maximum absolute atomic E-state index is 11.5. The van der Waals surface area contributed by atoms with Crippen LogP contribution in [0.1, 0.15) is 84.0 Å². The number of urea groups is 1. The zero-order valence-electron chi connectivity index (χ0n) is 15.4. The summed E-state index contributed by atoms with van der Waals surface area (Å²) in [6.45, 7) is 3.67. The third-order valence-electron chi connectivity index (χ3n) is 3.86. The highest BCUT2D eigenvalue weighted by Gasteiger charge is 1.97. The fourth-order valence-corrected chi connectivity index (χ4v) is 2.38. The number of rotatable bonds is 16. The van der Waals surface area contributed by atoms with Crippen molar-refractivity contribution in [2.75, 3.05) is 13.1 Å². The molecule has 0 saturated heterocycles. The van der Waals surface area contributed by atoms with E-state index in [9.17, 15) is 9.59 Å². The van der Waals surface area contributed by atoms with E-state index in [4.69, 9.17) is 5.73 Å². The SMILES string of the molecule is CCCCCNC(=O)NCCCC/C=C\CCCCCCC(N)=O. The van der Waals surface area contributed by atoms with E-state index in [1.807, 2.05) is 0 Å². The van der Waals surface area contributed by atoms with Crippen molar-refractivity contribution in [2.24, 2.45) is 5.73 Å². The average molecular weight is 340 g/mol. The molecule has 0 aliphatic heterocycles. The Morgan fingerprint density at radius 2 is 1.33 bits per heavy atom. The van der Waals surface area contributed by atoms with Crippen LogP contribution < -0.4 is 16.4 Å². The van der Waals surface area contributed by atoms with Gasteiger partial charge in [-0.05, 0) is 44.9 Å². The molecular weight excluding hydrogens is 302 g/mol. The summed E-state index contributed by atoms with van der Waals surface area (Å²) in [5.41, 5.74) is 5.10. The van der Waals surface area contributed by atoms with E-state index >= 15 is 0 Å². The van der Waals surface area contributed by atoms with Crippen molar-refractivity contribution < 1.29 is 9.59 Å². The van der Waals surface area contributed by atoms with E-state index in [2.05, 4.69) is 29.7 Å². The molecule has 0 atom stereocenters. The quantitative estimate of drug-likeness (QED) is 0.293. The summed E-state index contributed by atoms with van der Waals surface area (Å²) < 4.78 is 0. The summed E-state index contributed by atoms with van der Waals surface area (Å²) in [7, 11) is 0. The zero-order chi connectivity index (χ0) is 17.9. The van der Waals surface area contributed by atoms with Crippen molar-refractivity contribution in [1.29, 1.82) is 0 Å². The Morgan fingerprint density at radius 1 is 0.792 bits per heavy atom. The molecule has 24 heavy (non-hydrogen) atoms. The molecule has 0 aromatic rings. The lowest BCUT2D eigenvalue weighted by molar-refractivity contribution is -0.118. The average Bonchev–Trinajstić information content (AvgIpc) is 2.55. The van der Waals surface area contributed by atoms with Crippen LogP contribution in [0.4, 0.5) is 4.79 Å². The van der Waals surface area contributed by atoms with Gasteiger partial charge in [-0.15, -0.1) is 0 Å². The number of nitrogens with two attached hydrogens (primary N) is 1. The van der Waals surface area contributed by atoms with Crippen LogP contribution >= 0.6 is 0 Å². The minimum Gasteiger partial charge on any atom is -0.370 e. The standard InChI is InChI=1S/C19H37N3O2/c1-2-3-13-16-21-19(24)22-17-14-11-9-7-5-4-6-8-10-12-15-18(20)23/h5,7H,2-4,6,8-17H2,1H3,(H2,20,23)(H2,21,22,24)/b7-5-. The molecule has 0 aromatic carbocycles. The smallest absolute Gasteiger partial charge is 0.314 e. The summed E-state index contributed by atoms with van der Waals surface area (Å²) in [5, 5.41) is 5.76. The molecule has 0 heterocycles. The van der Waals surface area contributed by atoms with Gasteiger partial charge in [-0.25, -0.2) is 4.79 Å². The molecule has 3 amide bonds.